The van der Waals surface area contributed by atoms with Crippen LogP contribution in [-0.2, 0) is 0 Å². The highest BCUT2D eigenvalue weighted by molar-refractivity contribution is 6.30. The van der Waals surface area contributed by atoms with E-state index in [2.05, 4.69) is 5.32 Å². The average Bonchev–Trinajstić information content (AvgIpc) is 2.61. The molecule has 1 aliphatic rings. The molecule has 1 unspecified atom stereocenters. The highest BCUT2D eigenvalue weighted by atomic mass is 35.5. The van der Waals surface area contributed by atoms with E-state index in [1.54, 1.807) is 31.4 Å². The summed E-state index contributed by atoms with van der Waals surface area (Å²) in [6.07, 6.45) is 0. The maximum absolute atomic E-state index is 12.9. The highest BCUT2D eigenvalue weighted by Crippen LogP contribution is 2.31. The zero-order valence-electron chi connectivity index (χ0n) is 13.0. The van der Waals surface area contributed by atoms with Gasteiger partial charge in [0, 0.05) is 35.8 Å². The Balaban J connectivity index is 1.94. The summed E-state index contributed by atoms with van der Waals surface area (Å²) in [5.74, 6) is 0.787. The minimum absolute atomic E-state index is 0.00935. The minimum Gasteiger partial charge on any atom is -0.496 e. The quantitative estimate of drug-likeness (QED) is 0.940. The Hall–Kier alpha value is -2.04. The molecule has 0 radical (unpaired) electrons. The monoisotopic (exact) mass is 330 g/mol. The van der Waals surface area contributed by atoms with E-state index in [-0.39, 0.29) is 11.9 Å². The van der Waals surface area contributed by atoms with Crippen LogP contribution in [0.25, 0.3) is 0 Å². The number of carbonyl (C=O) groups is 1. The molecule has 0 aromatic heterocycles. The second-order valence-electron chi connectivity index (χ2n) is 5.47. The van der Waals surface area contributed by atoms with Gasteiger partial charge in [0.05, 0.1) is 13.2 Å². The molecular weight excluding hydrogens is 312 g/mol. The van der Waals surface area contributed by atoms with Crippen molar-refractivity contribution in [2.24, 2.45) is 0 Å². The fourth-order valence-corrected chi connectivity index (χ4v) is 3.14. The van der Waals surface area contributed by atoms with Crippen LogP contribution in [0, 0.1) is 0 Å². The number of hydrogen-bond donors (Lipinski definition) is 1. The molecule has 1 N–H and O–H groups in total. The number of benzene rings is 2. The minimum atomic E-state index is -0.0635. The van der Waals surface area contributed by atoms with E-state index in [0.29, 0.717) is 23.7 Å². The predicted octanol–water partition coefficient (Wildman–Crippen LogP) is 3.14. The van der Waals surface area contributed by atoms with Crippen LogP contribution in [0.1, 0.15) is 22.0 Å². The third-order valence-corrected chi connectivity index (χ3v) is 4.31. The van der Waals surface area contributed by atoms with E-state index in [9.17, 15) is 4.79 Å². The molecule has 1 aliphatic heterocycles. The van der Waals surface area contributed by atoms with E-state index in [1.807, 2.05) is 29.2 Å². The lowest BCUT2D eigenvalue weighted by Crippen LogP contribution is -2.48. The number of para-hydroxylation sites is 1. The van der Waals surface area contributed by atoms with E-state index < -0.39 is 0 Å². The molecule has 4 nitrogen and oxygen atoms in total. The van der Waals surface area contributed by atoms with Crippen molar-refractivity contribution in [3.8, 4) is 5.75 Å². The third-order valence-electron chi connectivity index (χ3n) is 4.07. The number of rotatable bonds is 3. The van der Waals surface area contributed by atoms with Gasteiger partial charge in [-0.25, -0.2) is 0 Å². The van der Waals surface area contributed by atoms with Crippen LogP contribution in [-0.4, -0.2) is 37.6 Å². The molecule has 0 saturated carbocycles. The van der Waals surface area contributed by atoms with Gasteiger partial charge in [0.25, 0.3) is 5.91 Å². The van der Waals surface area contributed by atoms with Gasteiger partial charge in [0.2, 0.25) is 0 Å². The Morgan fingerprint density at radius 1 is 1.26 bits per heavy atom. The van der Waals surface area contributed by atoms with Gasteiger partial charge < -0.3 is 15.0 Å². The Morgan fingerprint density at radius 3 is 2.87 bits per heavy atom. The van der Waals surface area contributed by atoms with Gasteiger partial charge in [-0.05, 0) is 24.3 Å². The summed E-state index contributed by atoms with van der Waals surface area (Å²) in [4.78, 5) is 14.8. The highest BCUT2D eigenvalue weighted by Gasteiger charge is 2.30. The van der Waals surface area contributed by atoms with Crippen molar-refractivity contribution in [1.82, 2.24) is 10.2 Å². The number of nitrogens with one attached hydrogen (secondary N) is 1. The van der Waals surface area contributed by atoms with Crippen LogP contribution < -0.4 is 10.1 Å². The predicted molar refractivity (Wildman–Crippen MR) is 91.1 cm³/mol. The molecule has 2 aromatic carbocycles. The number of nitrogens with zero attached hydrogens (tertiary/aromatic N) is 1. The van der Waals surface area contributed by atoms with Crippen molar-refractivity contribution in [3.05, 3.63) is 64.7 Å². The average molecular weight is 331 g/mol. The van der Waals surface area contributed by atoms with Crippen LogP contribution in [0.2, 0.25) is 5.02 Å². The first-order valence-electron chi connectivity index (χ1n) is 7.61. The number of ether oxygens (including phenoxy) is 1. The number of amides is 1. The van der Waals surface area contributed by atoms with Crippen LogP contribution in [0.4, 0.5) is 0 Å². The molecule has 0 aliphatic carbocycles. The second kappa shape index (κ2) is 7.02. The fraction of sp³-hybridized carbons (Fsp3) is 0.278. The Labute approximate surface area is 141 Å². The summed E-state index contributed by atoms with van der Waals surface area (Å²) in [7, 11) is 1.65. The molecule has 1 saturated heterocycles. The summed E-state index contributed by atoms with van der Waals surface area (Å²) in [5.41, 5.74) is 1.62. The Kier molecular flexibility index (Phi) is 4.84. The molecule has 2 aromatic rings. The van der Waals surface area contributed by atoms with Crippen molar-refractivity contribution >= 4 is 17.5 Å². The zero-order valence-corrected chi connectivity index (χ0v) is 13.7. The molecule has 120 valence electrons. The molecule has 5 heteroatoms. The molecule has 1 fully saturated rings. The largest absolute Gasteiger partial charge is 0.496 e. The molecule has 0 spiro atoms. The number of carbonyl (C=O) groups excluding carboxylic acids is 1. The molecule has 1 atom stereocenters. The first-order chi connectivity index (χ1) is 11.2. The van der Waals surface area contributed by atoms with Crippen LogP contribution in [0.3, 0.4) is 0 Å². The Morgan fingerprint density at radius 2 is 2.09 bits per heavy atom. The van der Waals surface area contributed by atoms with Gasteiger partial charge in [-0.2, -0.15) is 0 Å². The lowest BCUT2D eigenvalue weighted by Gasteiger charge is -2.37. The standard InChI is InChI=1S/C18H19ClN2O2/c1-23-17-8-3-2-7-15(17)16-12-20-9-10-21(16)18(22)13-5-4-6-14(19)11-13/h2-8,11,16,20H,9-10,12H2,1H3. The number of hydrogen-bond acceptors (Lipinski definition) is 3. The summed E-state index contributed by atoms with van der Waals surface area (Å²) < 4.78 is 5.46. The molecule has 1 heterocycles. The fourth-order valence-electron chi connectivity index (χ4n) is 2.95. The third kappa shape index (κ3) is 3.33. The van der Waals surface area contributed by atoms with Crippen molar-refractivity contribution in [1.29, 1.82) is 0 Å². The summed E-state index contributed by atoms with van der Waals surface area (Å²) >= 11 is 6.03. The van der Waals surface area contributed by atoms with Gasteiger partial charge in [-0.15, -0.1) is 0 Å². The van der Waals surface area contributed by atoms with Gasteiger partial charge >= 0.3 is 0 Å². The SMILES string of the molecule is COc1ccccc1C1CNCCN1C(=O)c1cccc(Cl)c1. The summed E-state index contributed by atoms with van der Waals surface area (Å²) in [6, 6.07) is 14.9. The van der Waals surface area contributed by atoms with Crippen LogP contribution in [0.5, 0.6) is 5.75 Å². The summed E-state index contributed by atoms with van der Waals surface area (Å²) in [5, 5.41) is 3.93. The molecule has 1 amide bonds. The first-order valence-corrected chi connectivity index (χ1v) is 7.98. The van der Waals surface area contributed by atoms with E-state index in [4.69, 9.17) is 16.3 Å². The lowest BCUT2D eigenvalue weighted by atomic mass is 10.0. The summed E-state index contributed by atoms with van der Waals surface area (Å²) in [6.45, 7) is 2.12. The normalized spacial score (nSPS) is 17.8. The van der Waals surface area contributed by atoms with Gasteiger partial charge in [0.1, 0.15) is 5.75 Å². The Bertz CT molecular complexity index is 705. The topological polar surface area (TPSA) is 41.6 Å². The molecular formula is C18H19ClN2O2. The maximum Gasteiger partial charge on any atom is 0.254 e. The van der Waals surface area contributed by atoms with Crippen molar-refractivity contribution in [3.63, 3.8) is 0 Å². The van der Waals surface area contributed by atoms with Gasteiger partial charge in [-0.3, -0.25) is 4.79 Å². The molecule has 0 bridgehead atoms. The second-order valence-corrected chi connectivity index (χ2v) is 5.91. The van der Waals surface area contributed by atoms with Crippen molar-refractivity contribution in [2.45, 2.75) is 6.04 Å². The van der Waals surface area contributed by atoms with E-state index in [1.165, 1.54) is 0 Å². The lowest BCUT2D eigenvalue weighted by molar-refractivity contribution is 0.0631. The van der Waals surface area contributed by atoms with E-state index in [0.717, 1.165) is 17.9 Å². The zero-order chi connectivity index (χ0) is 16.2. The number of halogens is 1. The van der Waals surface area contributed by atoms with Crippen molar-refractivity contribution in [2.75, 3.05) is 26.7 Å². The van der Waals surface area contributed by atoms with Gasteiger partial charge in [-0.1, -0.05) is 35.9 Å². The van der Waals surface area contributed by atoms with Crippen LogP contribution in [0.15, 0.2) is 48.5 Å². The maximum atomic E-state index is 12.9. The number of piperazine rings is 1. The first kappa shape index (κ1) is 15.8. The van der Waals surface area contributed by atoms with Crippen LogP contribution >= 0.6 is 11.6 Å². The van der Waals surface area contributed by atoms with Gasteiger partial charge in [0.15, 0.2) is 0 Å². The molecule has 3 rings (SSSR count). The molecule has 23 heavy (non-hydrogen) atoms. The van der Waals surface area contributed by atoms with Crippen molar-refractivity contribution < 1.29 is 9.53 Å². The number of methoxy groups -OCH3 is 1. The smallest absolute Gasteiger partial charge is 0.254 e. The van der Waals surface area contributed by atoms with E-state index >= 15 is 0 Å².